The van der Waals surface area contributed by atoms with E-state index in [0.717, 1.165) is 24.5 Å². The number of hydrogen-bond donors (Lipinski definition) is 1. The van der Waals surface area contributed by atoms with Crippen molar-refractivity contribution in [2.45, 2.75) is 77.3 Å². The number of anilines is 1. The molecule has 1 fully saturated rings. The number of benzene rings is 2. The average molecular weight is 525 g/mol. The van der Waals surface area contributed by atoms with Gasteiger partial charge in [0.2, 0.25) is 0 Å². The van der Waals surface area contributed by atoms with Gasteiger partial charge >= 0.3 is 6.09 Å². The lowest BCUT2D eigenvalue weighted by Crippen LogP contribution is -2.27. The zero-order valence-corrected chi connectivity index (χ0v) is 22.0. The Kier molecular flexibility index (Phi) is 8.94. The Morgan fingerprint density at radius 1 is 1.00 bits per heavy atom. The summed E-state index contributed by atoms with van der Waals surface area (Å²) in [7, 11) is 0. The Labute approximate surface area is 222 Å². The van der Waals surface area contributed by atoms with Crippen molar-refractivity contribution in [3.8, 4) is 5.75 Å². The fourth-order valence-electron chi connectivity index (χ4n) is 4.58. The summed E-state index contributed by atoms with van der Waals surface area (Å²) in [5.74, 6) is -1.21. The van der Waals surface area contributed by atoms with Gasteiger partial charge in [0, 0.05) is 17.8 Å². The second-order valence-corrected chi connectivity index (χ2v) is 10.5. The van der Waals surface area contributed by atoms with Crippen LogP contribution in [0, 0.1) is 11.6 Å². The summed E-state index contributed by atoms with van der Waals surface area (Å²) in [6.07, 6.45) is 3.92. The van der Waals surface area contributed by atoms with Crippen LogP contribution in [0.3, 0.4) is 0 Å². The molecule has 1 N–H and O–H groups in total. The summed E-state index contributed by atoms with van der Waals surface area (Å²) in [6.45, 7) is 5.83. The zero-order valence-electron chi connectivity index (χ0n) is 22.0. The van der Waals surface area contributed by atoms with Crippen molar-refractivity contribution >= 4 is 11.8 Å². The van der Waals surface area contributed by atoms with Crippen LogP contribution in [0.1, 0.15) is 69.2 Å². The molecule has 1 aliphatic carbocycles. The number of amides is 1. The molecule has 1 aromatic heterocycles. The summed E-state index contributed by atoms with van der Waals surface area (Å²) in [5.41, 5.74) is 1.99. The van der Waals surface area contributed by atoms with Gasteiger partial charge in [0.15, 0.2) is 11.6 Å². The molecular weight excluding hydrogens is 490 g/mol. The Balaban J connectivity index is 1.35. The smallest absolute Gasteiger partial charge is 0.412 e. The Morgan fingerprint density at radius 2 is 1.74 bits per heavy atom. The molecule has 1 heterocycles. The molecule has 202 valence electrons. The minimum Gasteiger partial charge on any atom is -0.486 e. The van der Waals surface area contributed by atoms with Crippen molar-refractivity contribution in [2.24, 2.45) is 0 Å². The quantitative estimate of drug-likeness (QED) is 0.330. The fourth-order valence-corrected chi connectivity index (χ4v) is 4.58. The lowest BCUT2D eigenvalue weighted by molar-refractivity contribution is 0.0118. The van der Waals surface area contributed by atoms with Gasteiger partial charge in [-0.3, -0.25) is 10.3 Å². The van der Waals surface area contributed by atoms with Gasteiger partial charge in [-0.2, -0.15) is 0 Å². The van der Waals surface area contributed by atoms with Crippen LogP contribution in [-0.2, 0) is 22.7 Å². The van der Waals surface area contributed by atoms with Gasteiger partial charge < -0.3 is 14.2 Å². The minimum atomic E-state index is -0.686. The molecule has 0 spiro atoms. The first-order valence-electron chi connectivity index (χ1n) is 12.9. The van der Waals surface area contributed by atoms with E-state index in [1.165, 1.54) is 6.07 Å². The maximum absolute atomic E-state index is 14.7. The second kappa shape index (κ2) is 12.3. The van der Waals surface area contributed by atoms with Crippen molar-refractivity contribution in [1.29, 1.82) is 0 Å². The number of rotatable bonds is 8. The van der Waals surface area contributed by atoms with Crippen molar-refractivity contribution in [2.75, 3.05) is 5.32 Å². The van der Waals surface area contributed by atoms with Crippen molar-refractivity contribution in [3.05, 3.63) is 89.2 Å². The third-order valence-corrected chi connectivity index (χ3v) is 6.36. The first-order chi connectivity index (χ1) is 18.2. The fraction of sp³-hybridized carbons (Fsp3) is 0.400. The van der Waals surface area contributed by atoms with Crippen molar-refractivity contribution in [1.82, 2.24) is 4.98 Å². The molecule has 6 nitrogen and oxygen atoms in total. The highest BCUT2D eigenvalue weighted by Gasteiger charge is 2.28. The molecule has 0 bridgehead atoms. The monoisotopic (exact) mass is 524 g/mol. The van der Waals surface area contributed by atoms with Crippen LogP contribution in [-0.4, -0.2) is 22.8 Å². The zero-order chi connectivity index (χ0) is 27.1. The number of pyridine rings is 1. The third kappa shape index (κ3) is 7.74. The molecular formula is C30H34F2N2O4. The van der Waals surface area contributed by atoms with Crippen LogP contribution < -0.4 is 10.1 Å². The number of halogens is 2. The molecule has 0 aliphatic heterocycles. The van der Waals surface area contributed by atoms with Crippen molar-refractivity contribution in [3.63, 3.8) is 0 Å². The number of hydrogen-bond acceptors (Lipinski definition) is 5. The molecule has 0 saturated heterocycles. The number of ether oxygens (including phenoxy) is 3. The number of aromatic nitrogens is 1. The number of carbonyl (C=O) groups excluding carboxylic acids is 1. The normalized spacial score (nSPS) is 17.6. The van der Waals surface area contributed by atoms with E-state index < -0.39 is 23.3 Å². The molecule has 4 rings (SSSR count). The Hall–Kier alpha value is -3.52. The van der Waals surface area contributed by atoms with Gasteiger partial charge in [-0.25, -0.2) is 13.6 Å². The van der Waals surface area contributed by atoms with Crippen LogP contribution in [0.4, 0.5) is 19.3 Å². The third-order valence-electron chi connectivity index (χ3n) is 6.36. The van der Waals surface area contributed by atoms with Gasteiger partial charge in [-0.15, -0.1) is 0 Å². The molecule has 3 aromatic rings. The SMILES string of the molecule is CC(C)(C)OC(=O)Nc1cccnc1COC1CCC(c2cc(F)cc(F)c2OCc2ccccc2)CC1. The van der Waals surface area contributed by atoms with E-state index in [0.29, 0.717) is 29.8 Å². The summed E-state index contributed by atoms with van der Waals surface area (Å²) >= 11 is 0. The highest BCUT2D eigenvalue weighted by Crippen LogP contribution is 2.40. The number of carbonyl (C=O) groups is 1. The predicted molar refractivity (Wildman–Crippen MR) is 141 cm³/mol. The van der Waals surface area contributed by atoms with E-state index in [9.17, 15) is 13.6 Å². The van der Waals surface area contributed by atoms with E-state index in [4.69, 9.17) is 14.2 Å². The summed E-state index contributed by atoms with van der Waals surface area (Å²) in [5, 5.41) is 2.74. The Morgan fingerprint density at radius 3 is 2.45 bits per heavy atom. The molecule has 1 aliphatic rings. The average Bonchev–Trinajstić information content (AvgIpc) is 2.87. The Bertz CT molecular complexity index is 1220. The summed E-state index contributed by atoms with van der Waals surface area (Å²) in [4.78, 5) is 16.6. The van der Waals surface area contributed by atoms with Crippen molar-refractivity contribution < 1.29 is 27.8 Å². The molecule has 8 heteroatoms. The molecule has 1 amide bonds. The predicted octanol–water partition coefficient (Wildman–Crippen LogP) is 7.53. The number of nitrogens with one attached hydrogen (secondary N) is 1. The van der Waals surface area contributed by atoms with E-state index in [1.54, 1.807) is 39.1 Å². The molecule has 0 unspecified atom stereocenters. The lowest BCUT2D eigenvalue weighted by Gasteiger charge is -2.30. The largest absolute Gasteiger partial charge is 0.486 e. The maximum Gasteiger partial charge on any atom is 0.412 e. The highest BCUT2D eigenvalue weighted by atomic mass is 19.1. The van der Waals surface area contributed by atoms with Crippen LogP contribution >= 0.6 is 0 Å². The second-order valence-electron chi connectivity index (χ2n) is 10.5. The molecule has 0 radical (unpaired) electrons. The molecule has 38 heavy (non-hydrogen) atoms. The number of nitrogens with zero attached hydrogens (tertiary/aromatic N) is 1. The summed E-state index contributed by atoms with van der Waals surface area (Å²) < 4.78 is 46.2. The maximum atomic E-state index is 14.7. The molecule has 2 aromatic carbocycles. The lowest BCUT2D eigenvalue weighted by atomic mass is 9.82. The van der Waals surface area contributed by atoms with Crippen LogP contribution in [0.5, 0.6) is 5.75 Å². The molecule has 1 saturated carbocycles. The highest BCUT2D eigenvalue weighted by molar-refractivity contribution is 5.85. The van der Waals surface area contributed by atoms with Gasteiger partial charge in [-0.05, 0) is 76.1 Å². The van der Waals surface area contributed by atoms with Crippen LogP contribution in [0.2, 0.25) is 0 Å². The minimum absolute atomic E-state index is 0.0327. The summed E-state index contributed by atoms with van der Waals surface area (Å²) in [6, 6.07) is 15.2. The van der Waals surface area contributed by atoms with E-state index in [2.05, 4.69) is 10.3 Å². The van der Waals surface area contributed by atoms with E-state index in [1.807, 2.05) is 30.3 Å². The topological polar surface area (TPSA) is 69.7 Å². The van der Waals surface area contributed by atoms with E-state index in [-0.39, 0.29) is 31.0 Å². The van der Waals surface area contributed by atoms with Gasteiger partial charge in [0.05, 0.1) is 24.1 Å². The van der Waals surface area contributed by atoms with Gasteiger partial charge in [0.25, 0.3) is 0 Å². The van der Waals surface area contributed by atoms with Gasteiger partial charge in [0.1, 0.15) is 18.0 Å². The van der Waals surface area contributed by atoms with Crippen LogP contribution in [0.25, 0.3) is 0 Å². The standard InChI is InChI=1S/C30H34F2N2O4/c1-30(2,3)38-29(35)34-26-10-7-15-33-27(26)19-36-23-13-11-21(12-14-23)24-16-22(31)17-25(32)28(24)37-18-20-8-5-4-6-9-20/h4-10,15-17,21,23H,11-14,18-19H2,1-3H3,(H,34,35). The van der Waals surface area contributed by atoms with Gasteiger partial charge in [-0.1, -0.05) is 30.3 Å². The molecule has 0 atom stereocenters. The first-order valence-corrected chi connectivity index (χ1v) is 12.9. The van der Waals surface area contributed by atoms with Crippen LogP contribution in [0.15, 0.2) is 60.8 Å². The first kappa shape index (κ1) is 27.5. The van der Waals surface area contributed by atoms with E-state index >= 15 is 0 Å².